The molecule has 0 bridgehead atoms. The number of carbonyl (C=O) groups excluding carboxylic acids is 3. The minimum atomic E-state index is -4.90. The van der Waals surface area contributed by atoms with E-state index in [1.807, 2.05) is 0 Å². The van der Waals surface area contributed by atoms with Crippen LogP contribution < -0.4 is 0 Å². The van der Waals surface area contributed by atoms with Gasteiger partial charge in [0.1, 0.15) is 0 Å². The van der Waals surface area contributed by atoms with Crippen molar-refractivity contribution < 1.29 is 37.3 Å². The first-order chi connectivity index (χ1) is 10.6. The molecule has 2 heterocycles. The third kappa shape index (κ3) is 3.76. The summed E-state index contributed by atoms with van der Waals surface area (Å²) in [6, 6.07) is 0.108. The van der Waals surface area contributed by atoms with E-state index in [1.165, 1.54) is 0 Å². The average molecular weight is 370 g/mol. The van der Waals surface area contributed by atoms with Crippen molar-refractivity contribution in [1.29, 1.82) is 0 Å². The Balaban J connectivity index is 0.00000288. The molecule has 0 N–H and O–H groups in total. The first kappa shape index (κ1) is 19.3. The summed E-state index contributed by atoms with van der Waals surface area (Å²) in [4.78, 5) is 51.3. The highest BCUT2D eigenvalue weighted by Gasteiger charge is 2.38. The van der Waals surface area contributed by atoms with Gasteiger partial charge in [-0.05, 0) is 0 Å². The van der Waals surface area contributed by atoms with Crippen LogP contribution in [0.3, 0.4) is 0 Å². The van der Waals surface area contributed by atoms with Gasteiger partial charge in [-0.15, -0.1) is 17.5 Å². The first-order valence-electron chi connectivity index (χ1n) is 5.91. The topological polar surface area (TPSA) is 120 Å². The molecular weight excluding hydrogens is 363 g/mol. The Bertz CT molecular complexity index is 707. The lowest BCUT2D eigenvalue weighted by atomic mass is 10.2. The van der Waals surface area contributed by atoms with Crippen LogP contribution in [-0.2, 0) is 20.6 Å². The normalized spacial score (nSPS) is 14.4. The number of carbonyl (C=O) groups is 3. The number of pyridine rings is 1. The molecule has 0 spiro atoms. The van der Waals surface area contributed by atoms with Gasteiger partial charge in [-0.3, -0.25) is 19.7 Å². The molecular formula is C11H7ClF3N3O6. The fraction of sp³-hybridized carbons (Fsp3) is 0.273. The summed E-state index contributed by atoms with van der Waals surface area (Å²) in [5, 5.41) is 10.9. The summed E-state index contributed by atoms with van der Waals surface area (Å²) in [5.41, 5.74) is -3.76. The molecule has 0 unspecified atom stereocenters. The number of hydrogen-bond acceptors (Lipinski definition) is 7. The van der Waals surface area contributed by atoms with Crippen molar-refractivity contribution in [3.63, 3.8) is 0 Å². The lowest BCUT2D eigenvalue weighted by Crippen LogP contribution is -2.32. The highest BCUT2D eigenvalue weighted by Crippen LogP contribution is 2.32. The average Bonchev–Trinajstić information content (AvgIpc) is 2.77. The van der Waals surface area contributed by atoms with Crippen molar-refractivity contribution in [2.24, 2.45) is 0 Å². The highest BCUT2D eigenvalue weighted by atomic mass is 35.5. The smallest absolute Gasteiger partial charge is 0.323 e. The standard InChI is InChI=1S/C11H6F3N3O6.ClH/c12-11(13,14)5-3-6(17(21)22)9(15-4-5)10(20)23-16-7(18)1-2-8(16)19;/h3-4H,1-2H2;1H. The molecule has 0 aliphatic carbocycles. The Morgan fingerprint density at radius 1 is 1.29 bits per heavy atom. The second-order valence-corrected chi connectivity index (χ2v) is 4.31. The number of halogens is 4. The number of amides is 2. The molecule has 1 aliphatic heterocycles. The third-order valence-electron chi connectivity index (χ3n) is 2.76. The molecule has 1 saturated heterocycles. The van der Waals surface area contributed by atoms with E-state index in [0.29, 0.717) is 0 Å². The molecule has 0 aromatic carbocycles. The number of alkyl halides is 3. The molecule has 9 nitrogen and oxygen atoms in total. The minimum Gasteiger partial charge on any atom is -0.323 e. The lowest BCUT2D eigenvalue weighted by molar-refractivity contribution is -0.385. The van der Waals surface area contributed by atoms with E-state index in [4.69, 9.17) is 0 Å². The van der Waals surface area contributed by atoms with Gasteiger partial charge in [0.2, 0.25) is 5.69 Å². The number of hydrogen-bond donors (Lipinski definition) is 0. The largest absolute Gasteiger partial charge is 0.418 e. The van der Waals surface area contributed by atoms with Crippen molar-refractivity contribution in [3.8, 4) is 0 Å². The van der Waals surface area contributed by atoms with Crippen LogP contribution in [0.15, 0.2) is 12.3 Å². The van der Waals surface area contributed by atoms with Crippen molar-refractivity contribution in [3.05, 3.63) is 33.6 Å². The molecule has 130 valence electrons. The summed E-state index contributed by atoms with van der Waals surface area (Å²) in [7, 11) is 0. The van der Waals surface area contributed by atoms with Crippen LogP contribution in [0.1, 0.15) is 28.9 Å². The van der Waals surface area contributed by atoms with Crippen molar-refractivity contribution in [1.82, 2.24) is 10.0 Å². The van der Waals surface area contributed by atoms with Crippen LogP contribution in [0.4, 0.5) is 18.9 Å². The lowest BCUT2D eigenvalue weighted by Gasteiger charge is -2.12. The predicted octanol–water partition coefficient (Wildman–Crippen LogP) is 1.65. The van der Waals surface area contributed by atoms with Gasteiger partial charge < -0.3 is 4.84 Å². The van der Waals surface area contributed by atoms with Gasteiger partial charge in [-0.25, -0.2) is 9.78 Å². The maximum Gasteiger partial charge on any atom is 0.418 e. The molecule has 24 heavy (non-hydrogen) atoms. The maximum absolute atomic E-state index is 12.5. The zero-order valence-electron chi connectivity index (χ0n) is 11.4. The Labute approximate surface area is 136 Å². The van der Waals surface area contributed by atoms with E-state index >= 15 is 0 Å². The van der Waals surface area contributed by atoms with E-state index in [-0.39, 0.29) is 42.6 Å². The summed E-state index contributed by atoms with van der Waals surface area (Å²) in [5.74, 6) is -3.29. The highest BCUT2D eigenvalue weighted by molar-refractivity contribution is 6.03. The quantitative estimate of drug-likeness (QED) is 0.451. The molecule has 2 amide bonds. The van der Waals surface area contributed by atoms with Gasteiger partial charge in [0.15, 0.2) is 0 Å². The van der Waals surface area contributed by atoms with Gasteiger partial charge in [-0.2, -0.15) is 13.2 Å². The molecule has 1 aromatic heterocycles. The van der Waals surface area contributed by atoms with E-state index in [2.05, 4.69) is 9.82 Å². The number of nitrogens with zero attached hydrogens (tertiary/aromatic N) is 3. The predicted molar refractivity (Wildman–Crippen MR) is 69.6 cm³/mol. The van der Waals surface area contributed by atoms with Crippen molar-refractivity contribution in [2.75, 3.05) is 0 Å². The summed E-state index contributed by atoms with van der Waals surface area (Å²) >= 11 is 0. The fourth-order valence-corrected chi connectivity index (χ4v) is 1.69. The van der Waals surface area contributed by atoms with Gasteiger partial charge in [0, 0.05) is 25.1 Å². The van der Waals surface area contributed by atoms with E-state index in [1.54, 1.807) is 0 Å². The SMILES string of the molecule is Cl.O=C(ON1C(=O)CCC1=O)c1ncc(C(F)(F)F)cc1[N+](=O)[O-]. The van der Waals surface area contributed by atoms with Crippen LogP contribution in [0.25, 0.3) is 0 Å². The zero-order chi connectivity index (χ0) is 17.4. The Kier molecular flexibility index (Phi) is 5.45. The molecule has 0 atom stereocenters. The minimum absolute atomic E-state index is 0. The van der Waals surface area contributed by atoms with Crippen LogP contribution in [0.2, 0.25) is 0 Å². The Hall–Kier alpha value is -2.76. The van der Waals surface area contributed by atoms with Crippen LogP contribution in [0, 0.1) is 10.1 Å². The van der Waals surface area contributed by atoms with E-state index in [0.717, 1.165) is 0 Å². The Morgan fingerprint density at radius 2 is 1.83 bits per heavy atom. The first-order valence-corrected chi connectivity index (χ1v) is 5.91. The molecule has 1 fully saturated rings. The van der Waals surface area contributed by atoms with Crippen LogP contribution in [0.5, 0.6) is 0 Å². The second-order valence-electron chi connectivity index (χ2n) is 4.31. The van der Waals surface area contributed by atoms with Gasteiger partial charge in [-0.1, -0.05) is 0 Å². The van der Waals surface area contributed by atoms with Gasteiger partial charge in [0.25, 0.3) is 11.8 Å². The third-order valence-corrected chi connectivity index (χ3v) is 2.76. The molecule has 0 saturated carbocycles. The monoisotopic (exact) mass is 369 g/mol. The fourth-order valence-electron chi connectivity index (χ4n) is 1.69. The number of nitro groups is 1. The second kappa shape index (κ2) is 6.78. The molecule has 1 aliphatic rings. The van der Waals surface area contributed by atoms with Gasteiger partial charge >= 0.3 is 17.8 Å². The van der Waals surface area contributed by atoms with Crippen LogP contribution >= 0.6 is 12.4 Å². The van der Waals surface area contributed by atoms with Crippen molar-refractivity contribution in [2.45, 2.75) is 19.0 Å². The Morgan fingerprint density at radius 3 is 2.29 bits per heavy atom. The van der Waals surface area contributed by atoms with Crippen LogP contribution in [-0.4, -0.2) is 32.8 Å². The number of hydroxylamine groups is 2. The maximum atomic E-state index is 12.5. The number of rotatable bonds is 3. The van der Waals surface area contributed by atoms with E-state index in [9.17, 15) is 37.7 Å². The summed E-state index contributed by atoms with van der Waals surface area (Å²) in [6.45, 7) is 0. The number of imide groups is 1. The molecule has 2 rings (SSSR count). The molecule has 0 radical (unpaired) electrons. The van der Waals surface area contributed by atoms with E-state index < -0.39 is 45.8 Å². The zero-order valence-corrected chi connectivity index (χ0v) is 12.2. The molecule has 1 aromatic rings. The van der Waals surface area contributed by atoms with Crippen molar-refractivity contribution >= 4 is 35.9 Å². The van der Waals surface area contributed by atoms with Gasteiger partial charge in [0.05, 0.1) is 10.5 Å². The number of aromatic nitrogens is 1. The summed E-state index contributed by atoms with van der Waals surface area (Å²) in [6.07, 6.45) is -5.12. The summed E-state index contributed by atoms with van der Waals surface area (Å²) < 4.78 is 37.6. The molecule has 13 heteroatoms.